The molecule has 0 atom stereocenters. The van der Waals surface area contributed by atoms with Gasteiger partial charge in [0.05, 0.1) is 5.69 Å². The molecule has 1 aliphatic heterocycles. The third-order valence-electron chi connectivity index (χ3n) is 5.10. The molecule has 1 saturated carbocycles. The summed E-state index contributed by atoms with van der Waals surface area (Å²) in [5.41, 5.74) is 16.5. The monoisotopic (exact) mass is 381 g/mol. The van der Waals surface area contributed by atoms with Crippen molar-refractivity contribution in [2.24, 2.45) is 5.73 Å². The fraction of sp³-hybridized carbons (Fsp3) is 0.368. The van der Waals surface area contributed by atoms with E-state index in [4.69, 9.17) is 11.1 Å². The van der Waals surface area contributed by atoms with Gasteiger partial charge in [-0.25, -0.2) is 9.99 Å². The summed E-state index contributed by atoms with van der Waals surface area (Å²) in [4.78, 5) is 9.23. The lowest BCUT2D eigenvalue weighted by atomic mass is 10.2. The Kier molecular flexibility index (Phi) is 5.56. The Balaban J connectivity index is 1.27. The molecule has 4 rings (SSSR count). The van der Waals surface area contributed by atoms with Crippen LogP contribution in [-0.4, -0.2) is 48.1 Å². The minimum absolute atomic E-state index is 0.173. The van der Waals surface area contributed by atoms with Crippen molar-refractivity contribution in [3.8, 4) is 0 Å². The van der Waals surface area contributed by atoms with Gasteiger partial charge in [-0.1, -0.05) is 6.07 Å². The summed E-state index contributed by atoms with van der Waals surface area (Å²) < 4.78 is 0. The van der Waals surface area contributed by atoms with Gasteiger partial charge in [-0.05, 0) is 49.2 Å². The van der Waals surface area contributed by atoms with E-state index in [2.05, 4.69) is 43.4 Å². The van der Waals surface area contributed by atoms with E-state index >= 15 is 0 Å². The normalized spacial score (nSPS) is 17.4. The highest BCUT2D eigenvalue weighted by atomic mass is 15.8. The Bertz CT molecular complexity index is 768. The fourth-order valence-electron chi connectivity index (χ4n) is 3.42. The second-order valence-electron chi connectivity index (χ2n) is 7.07. The van der Waals surface area contributed by atoms with Crippen LogP contribution in [-0.2, 0) is 0 Å². The summed E-state index contributed by atoms with van der Waals surface area (Å²) in [6.45, 7) is 4.48. The topological polar surface area (TPSA) is 109 Å². The first-order valence-electron chi connectivity index (χ1n) is 9.61. The molecular formula is C19H27N9. The Morgan fingerprint density at radius 1 is 1.07 bits per heavy atom. The summed E-state index contributed by atoms with van der Waals surface area (Å²) in [6, 6.07) is 14.5. The van der Waals surface area contributed by atoms with E-state index in [1.54, 1.807) is 18.3 Å². The standard InChI is InChI=1S/C19H27N9/c20-19(21)28(18-3-1-2-10-22-18)25-24-23-15-4-6-16(7-5-15)26-11-13-27(14-12-26)17-8-9-17/h1-7,10,17,23-25H,8-9,11-14H2,(H3,20,21). The smallest absolute Gasteiger partial charge is 0.210 e. The Morgan fingerprint density at radius 2 is 1.82 bits per heavy atom. The predicted molar refractivity (Wildman–Crippen MR) is 112 cm³/mol. The van der Waals surface area contributed by atoms with Gasteiger partial charge in [0.15, 0.2) is 5.82 Å². The molecule has 2 aromatic rings. The number of pyridine rings is 1. The van der Waals surface area contributed by atoms with E-state index in [9.17, 15) is 0 Å². The zero-order valence-corrected chi connectivity index (χ0v) is 15.8. The first kappa shape index (κ1) is 18.5. The third kappa shape index (κ3) is 4.50. The summed E-state index contributed by atoms with van der Waals surface area (Å²) in [7, 11) is 0. The molecule has 1 aliphatic carbocycles. The van der Waals surface area contributed by atoms with Gasteiger partial charge in [0, 0.05) is 44.1 Å². The molecule has 2 heterocycles. The van der Waals surface area contributed by atoms with E-state index in [1.165, 1.54) is 23.5 Å². The van der Waals surface area contributed by atoms with Crippen LogP contribution in [0.4, 0.5) is 17.2 Å². The predicted octanol–water partition coefficient (Wildman–Crippen LogP) is 1.10. The number of aromatic nitrogens is 1. The van der Waals surface area contributed by atoms with E-state index in [1.807, 2.05) is 18.2 Å². The molecular weight excluding hydrogens is 354 g/mol. The van der Waals surface area contributed by atoms with E-state index in [0.29, 0.717) is 5.82 Å². The van der Waals surface area contributed by atoms with Crippen molar-refractivity contribution >= 4 is 23.2 Å². The van der Waals surface area contributed by atoms with Gasteiger partial charge in [-0.15, -0.1) is 5.53 Å². The molecule has 28 heavy (non-hydrogen) atoms. The molecule has 1 saturated heterocycles. The number of nitrogens with two attached hydrogens (primary N) is 1. The maximum absolute atomic E-state index is 7.68. The molecule has 0 radical (unpaired) electrons. The number of piperazine rings is 1. The van der Waals surface area contributed by atoms with Crippen molar-refractivity contribution in [1.82, 2.24) is 21.0 Å². The quantitative estimate of drug-likeness (QED) is 0.276. The van der Waals surface area contributed by atoms with E-state index in [-0.39, 0.29) is 5.96 Å². The zero-order valence-electron chi connectivity index (χ0n) is 15.8. The summed E-state index contributed by atoms with van der Waals surface area (Å²) >= 11 is 0. The molecule has 148 valence electrons. The van der Waals surface area contributed by atoms with Gasteiger partial charge in [-0.3, -0.25) is 10.3 Å². The highest BCUT2D eigenvalue weighted by molar-refractivity contribution is 5.90. The highest BCUT2D eigenvalue weighted by Gasteiger charge is 2.31. The maximum atomic E-state index is 7.68. The number of hydrogen-bond acceptors (Lipinski definition) is 7. The van der Waals surface area contributed by atoms with Crippen molar-refractivity contribution in [3.05, 3.63) is 48.7 Å². The van der Waals surface area contributed by atoms with Crippen molar-refractivity contribution in [3.63, 3.8) is 0 Å². The minimum atomic E-state index is -0.173. The average Bonchev–Trinajstić information content (AvgIpc) is 3.58. The number of benzene rings is 1. The average molecular weight is 381 g/mol. The van der Waals surface area contributed by atoms with Crippen LogP contribution in [0, 0.1) is 5.41 Å². The van der Waals surface area contributed by atoms with Crippen molar-refractivity contribution in [2.45, 2.75) is 18.9 Å². The second-order valence-corrected chi connectivity index (χ2v) is 7.07. The van der Waals surface area contributed by atoms with Crippen LogP contribution in [0.5, 0.6) is 0 Å². The molecule has 0 unspecified atom stereocenters. The van der Waals surface area contributed by atoms with Gasteiger partial charge in [0.1, 0.15) is 0 Å². The number of guanidine groups is 1. The molecule has 6 N–H and O–H groups in total. The fourth-order valence-corrected chi connectivity index (χ4v) is 3.42. The highest BCUT2D eigenvalue weighted by Crippen LogP contribution is 2.28. The molecule has 0 bridgehead atoms. The Hall–Kier alpha value is -2.88. The Labute approximate surface area is 164 Å². The number of nitrogens with zero attached hydrogens (tertiary/aromatic N) is 4. The summed E-state index contributed by atoms with van der Waals surface area (Å²) in [5, 5.41) is 9.02. The largest absolute Gasteiger partial charge is 0.369 e. The van der Waals surface area contributed by atoms with Gasteiger partial charge >= 0.3 is 0 Å². The van der Waals surface area contributed by atoms with Gasteiger partial charge in [0.2, 0.25) is 5.96 Å². The minimum Gasteiger partial charge on any atom is -0.369 e. The van der Waals surface area contributed by atoms with E-state index in [0.717, 1.165) is 37.9 Å². The number of anilines is 3. The van der Waals surface area contributed by atoms with Gasteiger partial charge in [-0.2, -0.15) is 5.53 Å². The molecule has 0 spiro atoms. The molecule has 9 heteroatoms. The van der Waals surface area contributed by atoms with Crippen LogP contribution in [0.1, 0.15) is 12.8 Å². The van der Waals surface area contributed by atoms with Gasteiger partial charge < -0.3 is 16.1 Å². The molecule has 1 aromatic heterocycles. The summed E-state index contributed by atoms with van der Waals surface area (Å²) in [5.74, 6) is 0.346. The van der Waals surface area contributed by atoms with Crippen LogP contribution >= 0.6 is 0 Å². The zero-order chi connectivity index (χ0) is 19.3. The van der Waals surface area contributed by atoms with Crippen LogP contribution in [0.3, 0.4) is 0 Å². The lowest BCUT2D eigenvalue weighted by Crippen LogP contribution is -2.55. The van der Waals surface area contributed by atoms with Crippen molar-refractivity contribution in [2.75, 3.05) is 41.5 Å². The summed E-state index contributed by atoms with van der Waals surface area (Å²) in [6.07, 6.45) is 4.40. The Morgan fingerprint density at radius 3 is 2.43 bits per heavy atom. The van der Waals surface area contributed by atoms with Crippen molar-refractivity contribution < 1.29 is 0 Å². The first-order chi connectivity index (χ1) is 13.7. The number of rotatable bonds is 7. The van der Waals surface area contributed by atoms with Crippen molar-refractivity contribution in [1.29, 1.82) is 5.41 Å². The third-order valence-corrected chi connectivity index (χ3v) is 5.10. The SMILES string of the molecule is N=C(N)N(NNNc1ccc(N2CCN(C3CC3)CC2)cc1)c1ccccn1. The molecule has 2 aliphatic rings. The lowest BCUT2D eigenvalue weighted by Gasteiger charge is -2.36. The number of nitrogens with one attached hydrogen (secondary N) is 4. The number of hydrazine groups is 3. The maximum Gasteiger partial charge on any atom is 0.210 e. The lowest BCUT2D eigenvalue weighted by molar-refractivity contribution is 0.248. The van der Waals surface area contributed by atoms with E-state index < -0.39 is 0 Å². The van der Waals surface area contributed by atoms with Gasteiger partial charge in [0.25, 0.3) is 0 Å². The van der Waals surface area contributed by atoms with Crippen LogP contribution in [0.15, 0.2) is 48.7 Å². The van der Waals surface area contributed by atoms with Crippen LogP contribution in [0.25, 0.3) is 0 Å². The number of hydrogen-bond donors (Lipinski definition) is 5. The second kappa shape index (κ2) is 8.42. The molecule has 1 aromatic carbocycles. The molecule has 0 amide bonds. The molecule has 9 nitrogen and oxygen atoms in total. The van der Waals surface area contributed by atoms with Crippen LogP contribution in [0.2, 0.25) is 0 Å². The molecule has 2 fully saturated rings. The first-order valence-corrected chi connectivity index (χ1v) is 9.61. The van der Waals surface area contributed by atoms with Crippen LogP contribution < -0.4 is 32.1 Å².